The molecular weight excluding hydrogens is 441 g/mol. The smallest absolute Gasteiger partial charge is 0.416 e. The summed E-state index contributed by atoms with van der Waals surface area (Å²) in [5.41, 5.74) is -1.49. The summed E-state index contributed by atoms with van der Waals surface area (Å²) in [7, 11) is -3.31. The zero-order valence-corrected chi connectivity index (χ0v) is 17.1. The highest BCUT2D eigenvalue weighted by Crippen LogP contribution is 2.37. The first-order valence-corrected chi connectivity index (χ1v) is 10.5. The van der Waals surface area contributed by atoms with Crippen molar-refractivity contribution in [3.05, 3.63) is 47.5 Å². The maximum absolute atomic E-state index is 13.3. The lowest BCUT2D eigenvalue weighted by molar-refractivity contribution is -0.137. The fraction of sp³-hybridized carbons (Fsp3) is 0.316. The second-order valence-corrected chi connectivity index (χ2v) is 8.26. The molecule has 0 aromatic heterocycles. The van der Waals surface area contributed by atoms with E-state index in [2.05, 4.69) is 4.72 Å². The van der Waals surface area contributed by atoms with Gasteiger partial charge in [-0.3, -0.25) is 4.72 Å². The molecule has 0 saturated carbocycles. The number of hydrogen-bond acceptors (Lipinski definition) is 6. The van der Waals surface area contributed by atoms with E-state index >= 15 is 0 Å². The molecule has 1 saturated heterocycles. The van der Waals surface area contributed by atoms with E-state index < -0.39 is 32.6 Å². The molecule has 1 aliphatic heterocycles. The lowest BCUT2D eigenvalue weighted by atomic mass is 10.2. The predicted octanol–water partition coefficient (Wildman–Crippen LogP) is 3.05. The summed E-state index contributed by atoms with van der Waals surface area (Å²) in [4.78, 5) is 12.3. The Kier molecular flexibility index (Phi) is 6.32. The van der Waals surface area contributed by atoms with Gasteiger partial charge in [0.2, 0.25) is 0 Å². The van der Waals surface area contributed by atoms with Crippen molar-refractivity contribution in [2.24, 2.45) is 0 Å². The first-order chi connectivity index (χ1) is 14.5. The van der Waals surface area contributed by atoms with Crippen LogP contribution in [0.1, 0.15) is 15.9 Å². The van der Waals surface area contributed by atoms with Gasteiger partial charge in [0.25, 0.3) is 10.0 Å². The summed E-state index contributed by atoms with van der Waals surface area (Å²) >= 11 is 0. The number of aromatic carboxylic acids is 1. The molecule has 1 heterocycles. The van der Waals surface area contributed by atoms with Crippen molar-refractivity contribution in [2.45, 2.75) is 11.1 Å². The number of morpholine rings is 1. The second kappa shape index (κ2) is 8.63. The minimum Gasteiger partial charge on any atom is -0.495 e. The van der Waals surface area contributed by atoms with E-state index in [1.165, 1.54) is 19.2 Å². The molecule has 31 heavy (non-hydrogen) atoms. The second-order valence-electron chi connectivity index (χ2n) is 6.61. The van der Waals surface area contributed by atoms with Gasteiger partial charge in [-0.05, 0) is 36.4 Å². The first-order valence-electron chi connectivity index (χ1n) is 9.01. The van der Waals surface area contributed by atoms with Crippen LogP contribution < -0.4 is 14.4 Å². The molecule has 8 nitrogen and oxygen atoms in total. The Balaban J connectivity index is 2.11. The molecule has 0 amide bonds. The van der Waals surface area contributed by atoms with Gasteiger partial charge in [-0.2, -0.15) is 13.2 Å². The van der Waals surface area contributed by atoms with Gasteiger partial charge in [0.15, 0.2) is 0 Å². The van der Waals surface area contributed by atoms with Crippen molar-refractivity contribution in [1.82, 2.24) is 0 Å². The van der Waals surface area contributed by atoms with E-state index in [9.17, 15) is 26.4 Å². The number of carbonyl (C=O) groups is 1. The summed E-state index contributed by atoms with van der Waals surface area (Å²) < 4.78 is 78.6. The molecule has 2 aromatic rings. The maximum atomic E-state index is 13.3. The van der Waals surface area contributed by atoms with Crippen LogP contribution in [0.15, 0.2) is 41.3 Å². The SMILES string of the molecule is COc1ccc(C(=O)O)cc1NS(=O)(=O)c1cc(C(F)(F)F)ccc1N1CCOCC1. The molecule has 0 aliphatic carbocycles. The van der Waals surface area contributed by atoms with Gasteiger partial charge in [0, 0.05) is 13.1 Å². The Bertz CT molecular complexity index is 1080. The Morgan fingerprint density at radius 3 is 2.42 bits per heavy atom. The predicted molar refractivity (Wildman–Crippen MR) is 105 cm³/mol. The monoisotopic (exact) mass is 460 g/mol. The minimum atomic E-state index is -4.76. The van der Waals surface area contributed by atoms with Crippen LogP contribution in [0.4, 0.5) is 24.5 Å². The van der Waals surface area contributed by atoms with E-state index in [0.29, 0.717) is 32.4 Å². The summed E-state index contributed by atoms with van der Waals surface area (Å²) in [5.74, 6) is -1.30. The normalized spacial score (nSPS) is 14.9. The number of sulfonamides is 1. The van der Waals surface area contributed by atoms with E-state index in [1.807, 2.05) is 0 Å². The van der Waals surface area contributed by atoms with Crippen LogP contribution in [0.3, 0.4) is 0 Å². The number of halogens is 3. The molecule has 12 heteroatoms. The quantitative estimate of drug-likeness (QED) is 0.683. The summed E-state index contributed by atoms with van der Waals surface area (Å²) in [6, 6.07) is 5.96. The van der Waals surface area contributed by atoms with Crippen LogP contribution in [0.25, 0.3) is 0 Å². The highest BCUT2D eigenvalue weighted by atomic mass is 32.2. The van der Waals surface area contributed by atoms with E-state index in [1.54, 1.807) is 4.90 Å². The highest BCUT2D eigenvalue weighted by Gasteiger charge is 2.34. The molecule has 3 rings (SSSR count). The average Bonchev–Trinajstić information content (AvgIpc) is 2.73. The molecule has 1 fully saturated rings. The third kappa shape index (κ3) is 5.02. The summed E-state index contributed by atoms with van der Waals surface area (Å²) in [6.07, 6.45) is -4.76. The molecule has 0 bridgehead atoms. The Morgan fingerprint density at radius 2 is 1.84 bits per heavy atom. The number of methoxy groups -OCH3 is 1. The van der Waals surface area contributed by atoms with Crippen molar-refractivity contribution in [3.8, 4) is 5.75 Å². The third-order valence-electron chi connectivity index (χ3n) is 4.62. The Labute approximate surface area is 176 Å². The summed E-state index contributed by atoms with van der Waals surface area (Å²) in [5, 5.41) is 9.17. The number of nitrogens with one attached hydrogen (secondary N) is 1. The van der Waals surface area contributed by atoms with Crippen LogP contribution in [0, 0.1) is 0 Å². The number of hydrogen-bond donors (Lipinski definition) is 2. The summed E-state index contributed by atoms with van der Waals surface area (Å²) in [6.45, 7) is 1.18. The fourth-order valence-electron chi connectivity index (χ4n) is 3.09. The fourth-order valence-corrected chi connectivity index (χ4v) is 4.41. The van der Waals surface area contributed by atoms with Crippen LogP contribution >= 0.6 is 0 Å². The van der Waals surface area contributed by atoms with Crippen molar-refractivity contribution in [1.29, 1.82) is 0 Å². The van der Waals surface area contributed by atoms with Crippen LogP contribution in [-0.4, -0.2) is 52.9 Å². The van der Waals surface area contributed by atoms with Gasteiger partial charge in [-0.25, -0.2) is 13.2 Å². The molecule has 2 aromatic carbocycles. The van der Waals surface area contributed by atoms with Gasteiger partial charge in [0.05, 0.1) is 42.8 Å². The minimum absolute atomic E-state index is 0.00785. The van der Waals surface area contributed by atoms with Gasteiger partial charge in [-0.15, -0.1) is 0 Å². The number of ether oxygens (including phenoxy) is 2. The Morgan fingerprint density at radius 1 is 1.16 bits per heavy atom. The van der Waals surface area contributed by atoms with Gasteiger partial charge >= 0.3 is 12.1 Å². The van der Waals surface area contributed by atoms with Crippen LogP contribution in [-0.2, 0) is 20.9 Å². The van der Waals surface area contributed by atoms with Gasteiger partial charge < -0.3 is 19.5 Å². The molecule has 1 aliphatic rings. The molecule has 0 radical (unpaired) electrons. The number of anilines is 2. The van der Waals surface area contributed by atoms with Crippen LogP contribution in [0.2, 0.25) is 0 Å². The lowest BCUT2D eigenvalue weighted by Gasteiger charge is -2.30. The highest BCUT2D eigenvalue weighted by molar-refractivity contribution is 7.93. The van der Waals surface area contributed by atoms with Crippen molar-refractivity contribution in [3.63, 3.8) is 0 Å². The van der Waals surface area contributed by atoms with E-state index in [4.69, 9.17) is 14.6 Å². The maximum Gasteiger partial charge on any atom is 0.416 e. The molecule has 0 spiro atoms. The average molecular weight is 460 g/mol. The molecular formula is C19H19F3N2O6S. The zero-order valence-electron chi connectivity index (χ0n) is 16.3. The van der Waals surface area contributed by atoms with Crippen LogP contribution in [0.5, 0.6) is 5.75 Å². The number of carboxylic acids is 1. The number of rotatable bonds is 6. The van der Waals surface area contributed by atoms with Gasteiger partial charge in [-0.1, -0.05) is 0 Å². The van der Waals surface area contributed by atoms with Crippen molar-refractivity contribution < 1.29 is 41.0 Å². The number of carboxylic acid groups (broad SMARTS) is 1. The lowest BCUT2D eigenvalue weighted by Crippen LogP contribution is -2.37. The Hall–Kier alpha value is -2.99. The van der Waals surface area contributed by atoms with E-state index in [-0.39, 0.29) is 22.7 Å². The van der Waals surface area contributed by atoms with E-state index in [0.717, 1.165) is 18.2 Å². The van der Waals surface area contributed by atoms with Crippen molar-refractivity contribution in [2.75, 3.05) is 43.0 Å². The largest absolute Gasteiger partial charge is 0.495 e. The molecule has 0 unspecified atom stereocenters. The van der Waals surface area contributed by atoms with Crippen molar-refractivity contribution >= 4 is 27.4 Å². The number of alkyl halides is 3. The standard InChI is InChI=1S/C19H19F3N2O6S/c1-29-16-5-2-12(18(25)26)10-14(16)23-31(27,28)17-11-13(19(20,21)22)3-4-15(17)24-6-8-30-9-7-24/h2-5,10-11,23H,6-9H2,1H3,(H,25,26). The first kappa shape index (κ1) is 22.7. The van der Waals surface area contributed by atoms with Gasteiger partial charge in [0.1, 0.15) is 10.6 Å². The third-order valence-corrected chi connectivity index (χ3v) is 6.01. The molecule has 0 atom stereocenters. The number of benzene rings is 2. The molecule has 168 valence electrons. The topological polar surface area (TPSA) is 105 Å². The number of nitrogens with zero attached hydrogens (tertiary/aromatic N) is 1. The molecule has 2 N–H and O–H groups in total. The zero-order chi connectivity index (χ0) is 22.8.